The Kier molecular flexibility index (Phi) is 3.90. The average molecular weight is 190 g/mol. The van der Waals surface area contributed by atoms with Crippen LogP contribution in [0.1, 0.15) is 43.1 Å². The van der Waals surface area contributed by atoms with Crippen LogP contribution in [-0.4, -0.2) is 5.11 Å². The zero-order chi connectivity index (χ0) is 10.6. The maximum atomic E-state index is 9.83. The maximum absolute atomic E-state index is 9.83. The monoisotopic (exact) mass is 190 g/mol. The summed E-state index contributed by atoms with van der Waals surface area (Å²) in [4.78, 5) is 0. The average Bonchev–Trinajstić information content (AvgIpc) is 2.20. The zero-order valence-electron chi connectivity index (χ0n) is 9.12. The van der Waals surface area contributed by atoms with Crippen LogP contribution in [0.25, 0.3) is 6.08 Å². The first kappa shape index (κ1) is 11.0. The van der Waals surface area contributed by atoms with Gasteiger partial charge in [-0.1, -0.05) is 37.3 Å². The van der Waals surface area contributed by atoms with Gasteiger partial charge in [0.25, 0.3) is 0 Å². The van der Waals surface area contributed by atoms with E-state index in [2.05, 4.69) is 19.1 Å². The van der Waals surface area contributed by atoms with Crippen LogP contribution < -0.4 is 0 Å². The van der Waals surface area contributed by atoms with Crippen LogP contribution in [0.2, 0.25) is 0 Å². The van der Waals surface area contributed by atoms with Gasteiger partial charge in [0.2, 0.25) is 0 Å². The molecule has 1 aromatic carbocycles. The highest BCUT2D eigenvalue weighted by molar-refractivity contribution is 5.58. The molecule has 1 atom stereocenters. The first-order valence-corrected chi connectivity index (χ1v) is 5.11. The number of benzene rings is 1. The molecule has 0 aliphatic heterocycles. The van der Waals surface area contributed by atoms with E-state index in [1.165, 1.54) is 5.56 Å². The SMILES string of the molecule is C/C=C\c1c(C)cccc1C(O)CC. The molecule has 0 saturated heterocycles. The Bertz CT molecular complexity index is 326. The Balaban J connectivity index is 3.20. The molecule has 0 amide bonds. The molecule has 14 heavy (non-hydrogen) atoms. The van der Waals surface area contributed by atoms with Crippen molar-refractivity contribution in [2.24, 2.45) is 0 Å². The van der Waals surface area contributed by atoms with Gasteiger partial charge in [0.15, 0.2) is 0 Å². The number of aliphatic hydroxyl groups excluding tert-OH is 1. The molecule has 1 N–H and O–H groups in total. The lowest BCUT2D eigenvalue weighted by Gasteiger charge is -2.13. The van der Waals surface area contributed by atoms with Crippen LogP contribution in [0.15, 0.2) is 24.3 Å². The molecule has 0 fully saturated rings. The molecular weight excluding hydrogens is 172 g/mol. The smallest absolute Gasteiger partial charge is 0.0793 e. The summed E-state index contributed by atoms with van der Waals surface area (Å²) in [6.07, 6.45) is 4.48. The number of allylic oxidation sites excluding steroid dienone is 1. The molecule has 1 rings (SSSR count). The van der Waals surface area contributed by atoms with Crippen LogP contribution in [0.5, 0.6) is 0 Å². The molecule has 0 aliphatic carbocycles. The first-order valence-electron chi connectivity index (χ1n) is 5.11. The summed E-state index contributed by atoms with van der Waals surface area (Å²) in [5.41, 5.74) is 3.41. The minimum Gasteiger partial charge on any atom is -0.388 e. The fraction of sp³-hybridized carbons (Fsp3) is 0.385. The van der Waals surface area contributed by atoms with Gasteiger partial charge < -0.3 is 5.11 Å². The van der Waals surface area contributed by atoms with Gasteiger partial charge in [-0.2, -0.15) is 0 Å². The number of rotatable bonds is 3. The standard InChI is InChI=1S/C13H18O/c1-4-7-11-10(3)8-6-9-12(11)13(14)5-2/h4,6-9,13-14H,5H2,1-3H3/b7-4-. The molecule has 1 aromatic rings. The third kappa shape index (κ3) is 2.24. The molecule has 0 radical (unpaired) electrons. The second-order valence-corrected chi connectivity index (χ2v) is 3.50. The quantitative estimate of drug-likeness (QED) is 0.773. The van der Waals surface area contributed by atoms with Crippen molar-refractivity contribution in [3.63, 3.8) is 0 Å². The molecule has 0 aromatic heterocycles. The summed E-state index contributed by atoms with van der Waals surface area (Å²) >= 11 is 0. The van der Waals surface area contributed by atoms with Crippen molar-refractivity contribution in [2.75, 3.05) is 0 Å². The van der Waals surface area contributed by atoms with E-state index in [1.54, 1.807) is 0 Å². The largest absolute Gasteiger partial charge is 0.388 e. The van der Waals surface area contributed by atoms with Crippen LogP contribution >= 0.6 is 0 Å². The van der Waals surface area contributed by atoms with E-state index in [1.807, 2.05) is 32.1 Å². The predicted octanol–water partition coefficient (Wildman–Crippen LogP) is 3.47. The molecule has 1 nitrogen and oxygen atoms in total. The van der Waals surface area contributed by atoms with Gasteiger partial charge in [0, 0.05) is 0 Å². The maximum Gasteiger partial charge on any atom is 0.0793 e. The molecular formula is C13H18O. The second-order valence-electron chi connectivity index (χ2n) is 3.50. The molecule has 1 unspecified atom stereocenters. The van der Waals surface area contributed by atoms with Crippen molar-refractivity contribution in [3.05, 3.63) is 41.0 Å². The number of aliphatic hydroxyl groups is 1. The van der Waals surface area contributed by atoms with Crippen molar-refractivity contribution in [1.29, 1.82) is 0 Å². The highest BCUT2D eigenvalue weighted by Crippen LogP contribution is 2.24. The molecule has 76 valence electrons. The van der Waals surface area contributed by atoms with Crippen LogP contribution in [0.4, 0.5) is 0 Å². The van der Waals surface area contributed by atoms with Crippen molar-refractivity contribution in [1.82, 2.24) is 0 Å². The summed E-state index contributed by atoms with van der Waals surface area (Å²) in [5.74, 6) is 0. The molecule has 0 saturated carbocycles. The highest BCUT2D eigenvalue weighted by atomic mass is 16.3. The Morgan fingerprint density at radius 1 is 1.43 bits per heavy atom. The molecule has 0 heterocycles. The molecule has 0 aliphatic rings. The minimum atomic E-state index is -0.346. The minimum absolute atomic E-state index is 0.346. The number of hydrogen-bond donors (Lipinski definition) is 1. The van der Waals surface area contributed by atoms with E-state index >= 15 is 0 Å². The van der Waals surface area contributed by atoms with Crippen molar-refractivity contribution >= 4 is 6.08 Å². The van der Waals surface area contributed by atoms with Gasteiger partial charge in [-0.05, 0) is 37.0 Å². The number of hydrogen-bond acceptors (Lipinski definition) is 1. The lowest BCUT2D eigenvalue weighted by Crippen LogP contribution is -1.99. The van der Waals surface area contributed by atoms with Crippen LogP contribution in [-0.2, 0) is 0 Å². The van der Waals surface area contributed by atoms with Crippen molar-refractivity contribution in [3.8, 4) is 0 Å². The van der Waals surface area contributed by atoms with Crippen LogP contribution in [0.3, 0.4) is 0 Å². The second kappa shape index (κ2) is 4.97. The summed E-state index contributed by atoms with van der Waals surface area (Å²) in [6.45, 7) is 6.06. The fourth-order valence-electron chi connectivity index (χ4n) is 1.61. The summed E-state index contributed by atoms with van der Waals surface area (Å²) in [6, 6.07) is 6.06. The topological polar surface area (TPSA) is 20.2 Å². The molecule has 1 heteroatoms. The zero-order valence-corrected chi connectivity index (χ0v) is 9.12. The van der Waals surface area contributed by atoms with Gasteiger partial charge in [0.1, 0.15) is 0 Å². The molecule has 0 bridgehead atoms. The van der Waals surface area contributed by atoms with E-state index in [9.17, 15) is 5.11 Å². The predicted molar refractivity (Wildman–Crippen MR) is 61.1 cm³/mol. The van der Waals surface area contributed by atoms with Gasteiger partial charge in [0.05, 0.1) is 6.10 Å². The van der Waals surface area contributed by atoms with E-state index < -0.39 is 0 Å². The summed E-state index contributed by atoms with van der Waals surface area (Å²) in [5, 5.41) is 9.83. The lowest BCUT2D eigenvalue weighted by atomic mass is 9.96. The van der Waals surface area contributed by atoms with E-state index in [0.29, 0.717) is 0 Å². The Morgan fingerprint density at radius 2 is 2.14 bits per heavy atom. The Labute approximate surface area is 86.1 Å². The van der Waals surface area contributed by atoms with E-state index in [0.717, 1.165) is 17.5 Å². The Morgan fingerprint density at radius 3 is 2.71 bits per heavy atom. The van der Waals surface area contributed by atoms with Gasteiger partial charge >= 0.3 is 0 Å². The summed E-state index contributed by atoms with van der Waals surface area (Å²) < 4.78 is 0. The number of aryl methyl sites for hydroxylation is 1. The third-order valence-electron chi connectivity index (χ3n) is 2.44. The van der Waals surface area contributed by atoms with Gasteiger partial charge in [-0.3, -0.25) is 0 Å². The molecule has 0 spiro atoms. The van der Waals surface area contributed by atoms with Crippen molar-refractivity contribution < 1.29 is 5.11 Å². The fourth-order valence-corrected chi connectivity index (χ4v) is 1.61. The normalized spacial score (nSPS) is 13.4. The van der Waals surface area contributed by atoms with E-state index in [4.69, 9.17) is 0 Å². The van der Waals surface area contributed by atoms with Crippen LogP contribution in [0, 0.1) is 6.92 Å². The van der Waals surface area contributed by atoms with Crippen molar-refractivity contribution in [2.45, 2.75) is 33.3 Å². The van der Waals surface area contributed by atoms with Gasteiger partial charge in [-0.25, -0.2) is 0 Å². The highest BCUT2D eigenvalue weighted by Gasteiger charge is 2.09. The van der Waals surface area contributed by atoms with Gasteiger partial charge in [-0.15, -0.1) is 0 Å². The van der Waals surface area contributed by atoms with E-state index in [-0.39, 0.29) is 6.10 Å². The lowest BCUT2D eigenvalue weighted by molar-refractivity contribution is 0.173. The summed E-state index contributed by atoms with van der Waals surface area (Å²) in [7, 11) is 0. The first-order chi connectivity index (χ1) is 6.70. The third-order valence-corrected chi connectivity index (χ3v) is 2.44. The Hall–Kier alpha value is -1.08.